The number of hydrogen-bond donors (Lipinski definition) is 1. The molecule has 0 unspecified atom stereocenters. The summed E-state index contributed by atoms with van der Waals surface area (Å²) in [6.07, 6.45) is 0. The fourth-order valence-corrected chi connectivity index (χ4v) is 3.85. The first-order valence-corrected chi connectivity index (χ1v) is 8.52. The molecule has 0 saturated carbocycles. The second-order valence-corrected chi connectivity index (χ2v) is 7.13. The fraction of sp³-hybridized carbons (Fsp3) is 0.0667. The molecule has 7 heteroatoms. The highest BCUT2D eigenvalue weighted by Crippen LogP contribution is 2.31. The maximum Gasteiger partial charge on any atom is 0.234 e. The summed E-state index contributed by atoms with van der Waals surface area (Å²) in [4.78, 5) is 16.3. The Hall–Kier alpha value is -1.63. The van der Waals surface area contributed by atoms with E-state index in [1.165, 1.54) is 35.2 Å². The van der Waals surface area contributed by atoms with Crippen LogP contribution in [0.5, 0.6) is 0 Å². The highest BCUT2D eigenvalue weighted by Gasteiger charge is 2.09. The first-order chi connectivity index (χ1) is 10.6. The van der Waals surface area contributed by atoms with Gasteiger partial charge in [-0.25, -0.2) is 9.37 Å². The van der Waals surface area contributed by atoms with Gasteiger partial charge in [-0.1, -0.05) is 29.4 Å². The smallest absolute Gasteiger partial charge is 0.234 e. The number of thiazole rings is 1. The van der Waals surface area contributed by atoms with Gasteiger partial charge in [-0.3, -0.25) is 4.79 Å². The predicted molar refractivity (Wildman–Crippen MR) is 90.4 cm³/mol. The van der Waals surface area contributed by atoms with Gasteiger partial charge in [0.15, 0.2) is 4.34 Å². The van der Waals surface area contributed by atoms with Crippen molar-refractivity contribution in [3.05, 3.63) is 53.3 Å². The summed E-state index contributed by atoms with van der Waals surface area (Å²) in [6, 6.07) is 11.3. The molecular formula is C15H10ClFN2OS2. The van der Waals surface area contributed by atoms with Gasteiger partial charge in [-0.2, -0.15) is 0 Å². The zero-order chi connectivity index (χ0) is 15.5. The number of carbonyl (C=O) groups is 1. The number of carbonyl (C=O) groups excluding carboxylic acids is 1. The molecule has 3 nitrogen and oxygen atoms in total. The molecule has 3 rings (SSSR count). The Kier molecular flexibility index (Phi) is 4.61. The lowest BCUT2D eigenvalue weighted by Crippen LogP contribution is -2.13. The van der Waals surface area contributed by atoms with Crippen molar-refractivity contribution in [1.29, 1.82) is 0 Å². The van der Waals surface area contributed by atoms with Crippen LogP contribution >= 0.6 is 34.7 Å². The van der Waals surface area contributed by atoms with Gasteiger partial charge >= 0.3 is 0 Å². The maximum absolute atomic E-state index is 13.0. The molecule has 0 spiro atoms. The average Bonchev–Trinajstić information content (AvgIpc) is 2.87. The van der Waals surface area contributed by atoms with Crippen LogP contribution in [0.15, 0.2) is 46.8 Å². The van der Waals surface area contributed by atoms with Crippen molar-refractivity contribution in [2.24, 2.45) is 0 Å². The zero-order valence-electron chi connectivity index (χ0n) is 11.2. The maximum atomic E-state index is 13.0. The van der Waals surface area contributed by atoms with Crippen molar-refractivity contribution in [2.75, 3.05) is 11.1 Å². The van der Waals surface area contributed by atoms with E-state index in [-0.39, 0.29) is 17.5 Å². The van der Waals surface area contributed by atoms with Gasteiger partial charge in [-0.15, -0.1) is 11.3 Å². The van der Waals surface area contributed by atoms with E-state index in [9.17, 15) is 9.18 Å². The number of nitrogens with zero attached hydrogens (tertiary/aromatic N) is 1. The molecule has 1 aromatic heterocycles. The average molecular weight is 353 g/mol. The monoisotopic (exact) mass is 352 g/mol. The zero-order valence-corrected chi connectivity index (χ0v) is 13.6. The minimum atomic E-state index is -0.381. The third kappa shape index (κ3) is 3.76. The summed E-state index contributed by atoms with van der Waals surface area (Å²) in [5.74, 6) is -0.370. The highest BCUT2D eigenvalue weighted by molar-refractivity contribution is 8.01. The third-order valence-electron chi connectivity index (χ3n) is 2.77. The highest BCUT2D eigenvalue weighted by atomic mass is 35.5. The lowest BCUT2D eigenvalue weighted by Gasteiger charge is -2.03. The number of anilines is 1. The largest absolute Gasteiger partial charge is 0.325 e. The molecule has 2 aromatic carbocycles. The van der Waals surface area contributed by atoms with E-state index in [1.807, 2.05) is 12.1 Å². The van der Waals surface area contributed by atoms with Gasteiger partial charge in [0.2, 0.25) is 5.91 Å². The van der Waals surface area contributed by atoms with Crippen molar-refractivity contribution < 1.29 is 9.18 Å². The van der Waals surface area contributed by atoms with Crippen molar-refractivity contribution in [1.82, 2.24) is 4.98 Å². The molecular weight excluding hydrogens is 343 g/mol. The lowest BCUT2D eigenvalue weighted by atomic mass is 10.3. The van der Waals surface area contributed by atoms with Gasteiger partial charge in [-0.05, 0) is 36.4 Å². The molecule has 0 aliphatic rings. The van der Waals surface area contributed by atoms with Crippen molar-refractivity contribution in [2.45, 2.75) is 4.34 Å². The number of thioether (sulfide) groups is 1. The number of nitrogens with one attached hydrogen (secondary N) is 1. The molecule has 1 N–H and O–H groups in total. The Balaban J connectivity index is 1.62. The summed E-state index contributed by atoms with van der Waals surface area (Å²) < 4.78 is 14.9. The van der Waals surface area contributed by atoms with E-state index in [0.29, 0.717) is 10.7 Å². The SMILES string of the molecule is O=C(CSc1nc2cc(Cl)ccc2s1)Nc1cccc(F)c1. The van der Waals surface area contributed by atoms with Crippen LogP contribution in [0.3, 0.4) is 0 Å². The third-order valence-corrected chi connectivity index (χ3v) is 5.18. The quantitative estimate of drug-likeness (QED) is 0.684. The molecule has 0 bridgehead atoms. The number of aromatic nitrogens is 1. The molecule has 0 aliphatic carbocycles. The van der Waals surface area contributed by atoms with Crippen molar-refractivity contribution in [3.63, 3.8) is 0 Å². The molecule has 0 radical (unpaired) electrons. The first kappa shape index (κ1) is 15.3. The summed E-state index contributed by atoms with van der Waals surface area (Å²) in [5.41, 5.74) is 1.27. The molecule has 3 aromatic rings. The van der Waals surface area contributed by atoms with Crippen LogP contribution in [-0.4, -0.2) is 16.6 Å². The van der Waals surface area contributed by atoms with E-state index in [2.05, 4.69) is 10.3 Å². The summed E-state index contributed by atoms with van der Waals surface area (Å²) in [5, 5.41) is 3.29. The van der Waals surface area contributed by atoms with E-state index < -0.39 is 0 Å². The summed E-state index contributed by atoms with van der Waals surface area (Å²) >= 11 is 8.77. The Labute approximate surface area is 139 Å². The van der Waals surface area contributed by atoms with Gasteiger partial charge < -0.3 is 5.32 Å². The van der Waals surface area contributed by atoms with Crippen LogP contribution in [0.4, 0.5) is 10.1 Å². The number of rotatable bonds is 4. The Bertz CT molecular complexity index is 837. The van der Waals surface area contributed by atoms with E-state index in [1.54, 1.807) is 18.2 Å². The minimum absolute atomic E-state index is 0.201. The second-order valence-electron chi connectivity index (χ2n) is 4.44. The topological polar surface area (TPSA) is 42.0 Å². The van der Waals surface area contributed by atoms with E-state index >= 15 is 0 Å². The Morgan fingerprint density at radius 3 is 3.00 bits per heavy atom. The Morgan fingerprint density at radius 2 is 2.18 bits per heavy atom. The molecule has 0 atom stereocenters. The number of benzene rings is 2. The van der Waals surface area contributed by atoms with Gasteiger partial charge in [0.05, 0.1) is 16.0 Å². The lowest BCUT2D eigenvalue weighted by molar-refractivity contribution is -0.113. The van der Waals surface area contributed by atoms with E-state index in [0.717, 1.165) is 14.6 Å². The molecule has 0 fully saturated rings. The standard InChI is InChI=1S/C15H10ClFN2OS2/c16-9-4-5-13-12(6-9)19-15(22-13)21-8-14(20)18-11-3-1-2-10(17)7-11/h1-7H,8H2,(H,18,20). The fourth-order valence-electron chi connectivity index (χ4n) is 1.83. The summed E-state index contributed by atoms with van der Waals surface area (Å²) in [7, 11) is 0. The van der Waals surface area contributed by atoms with E-state index in [4.69, 9.17) is 11.6 Å². The molecule has 1 amide bonds. The molecule has 0 aliphatic heterocycles. The van der Waals surface area contributed by atoms with Crippen LogP contribution in [-0.2, 0) is 4.79 Å². The molecule has 0 saturated heterocycles. The normalized spacial score (nSPS) is 10.8. The number of halogens is 2. The number of amides is 1. The predicted octanol–water partition coefficient (Wildman–Crippen LogP) is 4.82. The Morgan fingerprint density at radius 1 is 1.32 bits per heavy atom. The molecule has 22 heavy (non-hydrogen) atoms. The minimum Gasteiger partial charge on any atom is -0.325 e. The van der Waals surface area contributed by atoms with Crippen molar-refractivity contribution >= 4 is 56.5 Å². The number of fused-ring (bicyclic) bond motifs is 1. The van der Waals surface area contributed by atoms with Crippen LogP contribution in [0, 0.1) is 5.82 Å². The van der Waals surface area contributed by atoms with Crippen LogP contribution < -0.4 is 5.32 Å². The van der Waals surface area contributed by atoms with Crippen LogP contribution in [0.2, 0.25) is 5.02 Å². The van der Waals surface area contributed by atoms with Gasteiger partial charge in [0.25, 0.3) is 0 Å². The van der Waals surface area contributed by atoms with Gasteiger partial charge in [0, 0.05) is 10.7 Å². The molecule has 1 heterocycles. The van der Waals surface area contributed by atoms with Crippen LogP contribution in [0.1, 0.15) is 0 Å². The second kappa shape index (κ2) is 6.64. The molecule has 112 valence electrons. The van der Waals surface area contributed by atoms with Crippen LogP contribution in [0.25, 0.3) is 10.2 Å². The van der Waals surface area contributed by atoms with Gasteiger partial charge in [0.1, 0.15) is 5.82 Å². The van der Waals surface area contributed by atoms with Crippen molar-refractivity contribution in [3.8, 4) is 0 Å². The number of hydrogen-bond acceptors (Lipinski definition) is 4. The first-order valence-electron chi connectivity index (χ1n) is 6.34. The summed E-state index contributed by atoms with van der Waals surface area (Å²) in [6.45, 7) is 0.